The maximum absolute atomic E-state index is 13.1. The highest BCUT2D eigenvalue weighted by atomic mass is 16.2. The van der Waals surface area contributed by atoms with E-state index in [2.05, 4.69) is 5.10 Å². The predicted molar refractivity (Wildman–Crippen MR) is 102 cm³/mol. The smallest absolute Gasteiger partial charge is 0.277 e. The third kappa shape index (κ3) is 2.76. The van der Waals surface area contributed by atoms with Crippen LogP contribution in [0.5, 0.6) is 0 Å². The van der Waals surface area contributed by atoms with Crippen LogP contribution < -0.4 is 5.56 Å². The number of benzene rings is 1. The summed E-state index contributed by atoms with van der Waals surface area (Å²) in [5, 5.41) is 3.17. The molecule has 0 atom stereocenters. The zero-order valence-corrected chi connectivity index (χ0v) is 15.1. The van der Waals surface area contributed by atoms with Crippen molar-refractivity contribution in [3.05, 3.63) is 58.0 Å². The van der Waals surface area contributed by atoms with E-state index in [9.17, 15) is 9.59 Å². The maximum atomic E-state index is 13.1. The summed E-state index contributed by atoms with van der Waals surface area (Å²) < 4.78 is 1.50. The Bertz CT molecular complexity index is 1060. The Kier molecular flexibility index (Phi) is 3.85. The molecule has 1 fully saturated rings. The summed E-state index contributed by atoms with van der Waals surface area (Å²) in [6.45, 7) is 1.03. The number of fused-ring (bicyclic) bond motifs is 2. The number of nitrogens with zero attached hydrogens (tertiary/aromatic N) is 3. The van der Waals surface area contributed by atoms with Crippen LogP contribution >= 0.6 is 0 Å². The molecular formula is C21H22N4O2. The quantitative estimate of drug-likeness (QED) is 0.762. The SMILES string of the molecule is O=C(C1CCCC1)N1CCc2nc3cc(-c4ccccc4)[nH]n3c(=O)c2C1. The van der Waals surface area contributed by atoms with E-state index >= 15 is 0 Å². The Hall–Kier alpha value is -2.89. The number of hydrogen-bond acceptors (Lipinski definition) is 3. The summed E-state index contributed by atoms with van der Waals surface area (Å²) in [6.07, 6.45) is 4.88. The molecule has 1 aliphatic carbocycles. The minimum absolute atomic E-state index is 0.0962. The molecule has 0 spiro atoms. The number of nitrogens with one attached hydrogen (secondary N) is 1. The highest BCUT2D eigenvalue weighted by Crippen LogP contribution is 2.28. The van der Waals surface area contributed by atoms with Gasteiger partial charge in [0.1, 0.15) is 0 Å². The first-order valence-electron chi connectivity index (χ1n) is 9.68. The number of carbonyl (C=O) groups excluding carboxylic acids is 1. The van der Waals surface area contributed by atoms with Crippen LogP contribution in [-0.4, -0.2) is 31.9 Å². The molecule has 1 N–H and O–H groups in total. The lowest BCUT2D eigenvalue weighted by Crippen LogP contribution is -2.42. The molecular weight excluding hydrogens is 340 g/mol. The lowest BCUT2D eigenvalue weighted by atomic mass is 10.0. The summed E-state index contributed by atoms with van der Waals surface area (Å²) in [7, 11) is 0. The van der Waals surface area contributed by atoms with Crippen LogP contribution in [0.15, 0.2) is 41.2 Å². The van der Waals surface area contributed by atoms with E-state index in [0.717, 1.165) is 42.6 Å². The first-order valence-corrected chi connectivity index (χ1v) is 9.68. The molecule has 3 aromatic rings. The summed E-state index contributed by atoms with van der Waals surface area (Å²) in [6, 6.07) is 11.8. The second-order valence-corrected chi connectivity index (χ2v) is 7.56. The molecule has 1 amide bonds. The van der Waals surface area contributed by atoms with Gasteiger partial charge in [0.15, 0.2) is 5.65 Å². The third-order valence-electron chi connectivity index (χ3n) is 5.86. The summed E-state index contributed by atoms with van der Waals surface area (Å²) in [5.41, 5.74) is 3.88. The van der Waals surface area contributed by atoms with Crippen molar-refractivity contribution in [2.75, 3.05) is 6.54 Å². The zero-order valence-electron chi connectivity index (χ0n) is 15.1. The molecule has 138 valence electrons. The minimum atomic E-state index is -0.0962. The summed E-state index contributed by atoms with van der Waals surface area (Å²) >= 11 is 0. The summed E-state index contributed by atoms with van der Waals surface area (Å²) in [4.78, 5) is 32.4. The van der Waals surface area contributed by atoms with Gasteiger partial charge in [0.2, 0.25) is 5.91 Å². The molecule has 1 aromatic carbocycles. The van der Waals surface area contributed by atoms with Crippen molar-refractivity contribution in [2.24, 2.45) is 5.92 Å². The first-order chi connectivity index (χ1) is 13.2. The van der Waals surface area contributed by atoms with Crippen LogP contribution in [0.2, 0.25) is 0 Å². The molecule has 0 saturated heterocycles. The summed E-state index contributed by atoms with van der Waals surface area (Å²) in [5.74, 6) is 0.347. The monoisotopic (exact) mass is 362 g/mol. The topological polar surface area (TPSA) is 70.5 Å². The molecule has 27 heavy (non-hydrogen) atoms. The molecule has 2 aliphatic rings. The van der Waals surface area contributed by atoms with Gasteiger partial charge in [-0.05, 0) is 18.4 Å². The fourth-order valence-electron chi connectivity index (χ4n) is 4.37. The molecule has 1 saturated carbocycles. The normalized spacial score (nSPS) is 17.4. The van der Waals surface area contributed by atoms with Crippen molar-refractivity contribution in [3.63, 3.8) is 0 Å². The van der Waals surface area contributed by atoms with Crippen molar-refractivity contribution >= 4 is 11.6 Å². The van der Waals surface area contributed by atoms with Crippen molar-refractivity contribution < 1.29 is 4.79 Å². The van der Waals surface area contributed by atoms with Crippen LogP contribution in [0.1, 0.15) is 36.9 Å². The van der Waals surface area contributed by atoms with E-state index in [1.54, 1.807) is 0 Å². The number of carbonyl (C=O) groups is 1. The Balaban J connectivity index is 1.51. The number of aromatic nitrogens is 3. The number of hydrogen-bond donors (Lipinski definition) is 1. The van der Waals surface area contributed by atoms with Crippen molar-refractivity contribution in [1.29, 1.82) is 0 Å². The molecule has 0 radical (unpaired) electrons. The van der Waals surface area contributed by atoms with E-state index in [1.165, 1.54) is 4.52 Å². The lowest BCUT2D eigenvalue weighted by Gasteiger charge is -2.29. The molecule has 0 unspecified atom stereocenters. The van der Waals surface area contributed by atoms with Gasteiger partial charge in [-0.25, -0.2) is 9.50 Å². The zero-order chi connectivity index (χ0) is 18.4. The Morgan fingerprint density at radius 3 is 2.70 bits per heavy atom. The van der Waals surface area contributed by atoms with E-state index < -0.39 is 0 Å². The van der Waals surface area contributed by atoms with Gasteiger partial charge in [0, 0.05) is 24.9 Å². The fourth-order valence-corrected chi connectivity index (χ4v) is 4.37. The highest BCUT2D eigenvalue weighted by Gasteiger charge is 2.31. The largest absolute Gasteiger partial charge is 0.337 e. The highest BCUT2D eigenvalue weighted by molar-refractivity contribution is 5.79. The van der Waals surface area contributed by atoms with Crippen LogP contribution in [0, 0.1) is 5.92 Å². The molecule has 1 aliphatic heterocycles. The van der Waals surface area contributed by atoms with Gasteiger partial charge in [0.05, 0.1) is 23.5 Å². The second-order valence-electron chi connectivity index (χ2n) is 7.56. The van der Waals surface area contributed by atoms with E-state index in [4.69, 9.17) is 4.98 Å². The fraction of sp³-hybridized carbons (Fsp3) is 0.381. The van der Waals surface area contributed by atoms with Crippen LogP contribution in [0.25, 0.3) is 16.9 Å². The van der Waals surface area contributed by atoms with Gasteiger partial charge in [-0.15, -0.1) is 0 Å². The number of H-pyrrole nitrogens is 1. The first kappa shape index (κ1) is 16.3. The Labute approximate surface area is 156 Å². The van der Waals surface area contributed by atoms with Crippen molar-refractivity contribution in [2.45, 2.75) is 38.6 Å². The van der Waals surface area contributed by atoms with Crippen LogP contribution in [0.4, 0.5) is 0 Å². The van der Waals surface area contributed by atoms with E-state index in [0.29, 0.717) is 30.7 Å². The van der Waals surface area contributed by atoms with Crippen LogP contribution in [-0.2, 0) is 17.8 Å². The Morgan fingerprint density at radius 1 is 1.15 bits per heavy atom. The molecule has 2 aromatic heterocycles. The molecule has 0 bridgehead atoms. The van der Waals surface area contributed by atoms with Crippen LogP contribution in [0.3, 0.4) is 0 Å². The van der Waals surface area contributed by atoms with Gasteiger partial charge >= 0.3 is 0 Å². The third-order valence-corrected chi connectivity index (χ3v) is 5.86. The number of amides is 1. The van der Waals surface area contributed by atoms with Gasteiger partial charge < -0.3 is 4.90 Å². The standard InChI is InChI=1S/C21H22N4O2/c26-20(15-8-4-5-9-15)24-11-10-17-16(13-24)21(27)25-19(22-17)12-18(23-25)14-6-2-1-3-7-14/h1-3,6-7,12,15,23H,4-5,8-11,13H2. The minimum Gasteiger partial charge on any atom is -0.337 e. The molecule has 3 heterocycles. The van der Waals surface area contributed by atoms with E-state index in [-0.39, 0.29) is 17.4 Å². The lowest BCUT2D eigenvalue weighted by molar-refractivity contribution is -0.136. The van der Waals surface area contributed by atoms with Gasteiger partial charge in [0.25, 0.3) is 5.56 Å². The molecule has 5 rings (SSSR count). The molecule has 6 heteroatoms. The second kappa shape index (κ2) is 6.37. The predicted octanol–water partition coefficient (Wildman–Crippen LogP) is 2.76. The van der Waals surface area contributed by atoms with Crippen molar-refractivity contribution in [3.8, 4) is 11.3 Å². The average molecular weight is 362 g/mol. The molecule has 6 nitrogen and oxygen atoms in total. The van der Waals surface area contributed by atoms with Gasteiger partial charge in [-0.3, -0.25) is 14.7 Å². The van der Waals surface area contributed by atoms with Gasteiger partial charge in [-0.2, -0.15) is 0 Å². The average Bonchev–Trinajstić information content (AvgIpc) is 3.38. The number of aromatic amines is 1. The number of rotatable bonds is 2. The van der Waals surface area contributed by atoms with E-state index in [1.807, 2.05) is 41.3 Å². The van der Waals surface area contributed by atoms with Gasteiger partial charge in [-0.1, -0.05) is 43.2 Å². The van der Waals surface area contributed by atoms with Crippen molar-refractivity contribution in [1.82, 2.24) is 19.5 Å². The maximum Gasteiger partial charge on any atom is 0.277 e. The Morgan fingerprint density at radius 2 is 1.93 bits per heavy atom.